The number of pyridine rings is 1. The summed E-state index contributed by atoms with van der Waals surface area (Å²) < 4.78 is 5.27. The van der Waals surface area contributed by atoms with Gasteiger partial charge in [0.1, 0.15) is 5.75 Å². The van der Waals surface area contributed by atoms with Crippen LogP contribution in [0.4, 0.5) is 4.79 Å². The lowest BCUT2D eigenvalue weighted by Gasteiger charge is -2.41. The van der Waals surface area contributed by atoms with Gasteiger partial charge in [0, 0.05) is 30.9 Å². The van der Waals surface area contributed by atoms with Crippen LogP contribution in [0.1, 0.15) is 29.4 Å². The summed E-state index contributed by atoms with van der Waals surface area (Å²) in [6.07, 6.45) is 1.73. The van der Waals surface area contributed by atoms with Crippen molar-refractivity contribution in [2.24, 2.45) is 0 Å². The van der Waals surface area contributed by atoms with Gasteiger partial charge in [-0.15, -0.1) is 0 Å². The van der Waals surface area contributed by atoms with E-state index in [-0.39, 0.29) is 12.1 Å². The van der Waals surface area contributed by atoms with E-state index in [0.29, 0.717) is 6.54 Å². The molecular weight excluding hydrogens is 302 g/mol. The summed E-state index contributed by atoms with van der Waals surface area (Å²) in [5, 5.41) is 3.00. The Morgan fingerprint density at radius 3 is 2.88 bits per heavy atom. The van der Waals surface area contributed by atoms with Crippen molar-refractivity contribution in [1.82, 2.24) is 15.2 Å². The zero-order chi connectivity index (χ0) is 16.9. The number of hydrogen-bond acceptors (Lipinski definition) is 3. The summed E-state index contributed by atoms with van der Waals surface area (Å²) in [6.45, 7) is 3.36. The third-order valence-corrected chi connectivity index (χ3v) is 4.36. The predicted octanol–water partition coefficient (Wildman–Crippen LogP) is 3.10. The van der Waals surface area contributed by atoms with Gasteiger partial charge >= 0.3 is 6.03 Å². The molecule has 1 unspecified atom stereocenters. The van der Waals surface area contributed by atoms with Gasteiger partial charge in [-0.05, 0) is 43.2 Å². The third-order valence-electron chi connectivity index (χ3n) is 4.36. The van der Waals surface area contributed by atoms with E-state index in [4.69, 9.17) is 4.74 Å². The van der Waals surface area contributed by atoms with Crippen LogP contribution in [0.2, 0.25) is 0 Å². The Morgan fingerprint density at radius 2 is 2.17 bits per heavy atom. The molecule has 2 aromatic rings. The number of likely N-dealkylation sites (tertiary alicyclic amines) is 1. The number of nitrogens with zero attached hydrogens (tertiary/aromatic N) is 2. The normalized spacial score (nSPS) is 16.4. The van der Waals surface area contributed by atoms with Crippen LogP contribution in [-0.4, -0.2) is 36.1 Å². The first-order chi connectivity index (χ1) is 11.7. The van der Waals surface area contributed by atoms with E-state index in [2.05, 4.69) is 10.3 Å². The highest BCUT2D eigenvalue weighted by Crippen LogP contribution is 2.34. The highest BCUT2D eigenvalue weighted by atomic mass is 16.5. The number of carbonyl (C=O) groups is 1. The first-order valence-electron chi connectivity index (χ1n) is 8.28. The smallest absolute Gasteiger partial charge is 0.317 e. The van der Waals surface area contributed by atoms with Gasteiger partial charge in [0.15, 0.2) is 0 Å². The van der Waals surface area contributed by atoms with E-state index < -0.39 is 0 Å². The number of ether oxygens (including phenoxy) is 1. The lowest BCUT2D eigenvalue weighted by molar-refractivity contribution is 0.115. The van der Waals surface area contributed by atoms with Crippen molar-refractivity contribution < 1.29 is 9.53 Å². The van der Waals surface area contributed by atoms with Gasteiger partial charge in [0.2, 0.25) is 0 Å². The lowest BCUT2D eigenvalue weighted by atomic mass is 9.95. The summed E-state index contributed by atoms with van der Waals surface area (Å²) in [4.78, 5) is 18.7. The summed E-state index contributed by atoms with van der Waals surface area (Å²) in [5.41, 5.74) is 3.12. The van der Waals surface area contributed by atoms with Crippen LogP contribution in [0.3, 0.4) is 0 Å². The third kappa shape index (κ3) is 3.67. The standard InChI is InChI=1S/C19H23N3O2/c1-14-5-3-7-16(21-14)9-11-20-19(23)22-12-10-18(22)15-6-4-8-17(13-15)24-2/h3-8,13,18H,9-12H2,1-2H3,(H,20,23). The second-order valence-corrected chi connectivity index (χ2v) is 6.03. The van der Waals surface area contributed by atoms with E-state index in [1.165, 1.54) is 0 Å². The maximum Gasteiger partial charge on any atom is 0.317 e. The molecule has 0 spiro atoms. The monoisotopic (exact) mass is 325 g/mol. The summed E-state index contributed by atoms with van der Waals surface area (Å²) in [7, 11) is 1.66. The van der Waals surface area contributed by atoms with Crippen molar-refractivity contribution in [3.8, 4) is 5.75 Å². The maximum atomic E-state index is 12.4. The molecule has 0 aliphatic carbocycles. The highest BCUT2D eigenvalue weighted by molar-refractivity contribution is 5.75. The number of methoxy groups -OCH3 is 1. The van der Waals surface area contributed by atoms with Crippen molar-refractivity contribution in [3.05, 3.63) is 59.4 Å². The first kappa shape index (κ1) is 16.3. The number of urea groups is 1. The Labute approximate surface area is 142 Å². The Morgan fingerprint density at radius 1 is 1.33 bits per heavy atom. The first-order valence-corrected chi connectivity index (χ1v) is 8.28. The Balaban J connectivity index is 1.53. The average Bonchev–Trinajstić information content (AvgIpc) is 2.54. The molecule has 5 nitrogen and oxygen atoms in total. The predicted molar refractivity (Wildman–Crippen MR) is 93.1 cm³/mol. The van der Waals surface area contributed by atoms with Gasteiger partial charge < -0.3 is 15.0 Å². The SMILES string of the molecule is COc1cccc(C2CCN2C(=O)NCCc2cccc(C)n2)c1. The summed E-state index contributed by atoms with van der Waals surface area (Å²) >= 11 is 0. The fourth-order valence-corrected chi connectivity index (χ4v) is 2.96. The van der Waals surface area contributed by atoms with Crippen LogP contribution in [0.5, 0.6) is 5.75 Å². The molecule has 2 amide bonds. The fourth-order valence-electron chi connectivity index (χ4n) is 2.96. The maximum absolute atomic E-state index is 12.4. The minimum atomic E-state index is -0.0123. The van der Waals surface area contributed by atoms with Gasteiger partial charge in [0.05, 0.1) is 13.2 Å². The highest BCUT2D eigenvalue weighted by Gasteiger charge is 2.33. The van der Waals surface area contributed by atoms with Crippen molar-refractivity contribution in [2.75, 3.05) is 20.2 Å². The van der Waals surface area contributed by atoms with E-state index >= 15 is 0 Å². The average molecular weight is 325 g/mol. The van der Waals surface area contributed by atoms with Gasteiger partial charge in [-0.25, -0.2) is 4.79 Å². The molecule has 1 aromatic carbocycles. The minimum absolute atomic E-state index is 0.0123. The molecule has 5 heteroatoms. The number of rotatable bonds is 5. The van der Waals surface area contributed by atoms with E-state index in [0.717, 1.165) is 42.1 Å². The van der Waals surface area contributed by atoms with Gasteiger partial charge in [-0.3, -0.25) is 4.98 Å². The van der Waals surface area contributed by atoms with Crippen LogP contribution in [-0.2, 0) is 6.42 Å². The summed E-state index contributed by atoms with van der Waals surface area (Å²) in [5.74, 6) is 0.824. The Kier molecular flexibility index (Phi) is 4.99. The molecule has 2 heterocycles. The van der Waals surface area contributed by atoms with Crippen molar-refractivity contribution in [1.29, 1.82) is 0 Å². The van der Waals surface area contributed by atoms with Crippen LogP contribution in [0.25, 0.3) is 0 Å². The molecule has 0 saturated carbocycles. The minimum Gasteiger partial charge on any atom is -0.497 e. The molecule has 3 rings (SSSR count). The molecule has 0 radical (unpaired) electrons. The second-order valence-electron chi connectivity index (χ2n) is 6.03. The molecule has 1 fully saturated rings. The zero-order valence-electron chi connectivity index (χ0n) is 14.2. The molecule has 1 N–H and O–H groups in total. The van der Waals surface area contributed by atoms with Crippen LogP contribution >= 0.6 is 0 Å². The van der Waals surface area contributed by atoms with Gasteiger partial charge in [-0.1, -0.05) is 18.2 Å². The fraction of sp³-hybridized carbons (Fsp3) is 0.368. The number of hydrogen-bond donors (Lipinski definition) is 1. The largest absolute Gasteiger partial charge is 0.497 e. The van der Waals surface area contributed by atoms with Gasteiger partial charge in [-0.2, -0.15) is 0 Å². The molecule has 1 aliphatic rings. The lowest BCUT2D eigenvalue weighted by Crippen LogP contribution is -2.50. The van der Waals surface area contributed by atoms with Crippen molar-refractivity contribution in [3.63, 3.8) is 0 Å². The number of nitrogens with one attached hydrogen (secondary N) is 1. The van der Waals surface area contributed by atoms with E-state index in [1.807, 2.05) is 54.3 Å². The van der Waals surface area contributed by atoms with Crippen LogP contribution in [0.15, 0.2) is 42.5 Å². The topological polar surface area (TPSA) is 54.5 Å². The number of aromatic nitrogens is 1. The molecule has 1 aromatic heterocycles. The van der Waals surface area contributed by atoms with Crippen molar-refractivity contribution >= 4 is 6.03 Å². The molecule has 0 bridgehead atoms. The summed E-state index contributed by atoms with van der Waals surface area (Å²) in [6, 6.07) is 14.0. The molecule has 1 aliphatic heterocycles. The van der Waals surface area contributed by atoms with E-state index in [9.17, 15) is 4.79 Å². The Bertz CT molecular complexity index is 717. The quantitative estimate of drug-likeness (QED) is 0.919. The van der Waals surface area contributed by atoms with Crippen LogP contribution in [0, 0.1) is 6.92 Å². The second kappa shape index (κ2) is 7.34. The number of carbonyl (C=O) groups excluding carboxylic acids is 1. The molecule has 1 atom stereocenters. The molecule has 126 valence electrons. The number of benzene rings is 1. The zero-order valence-corrected chi connectivity index (χ0v) is 14.2. The molecule has 24 heavy (non-hydrogen) atoms. The van der Waals surface area contributed by atoms with E-state index in [1.54, 1.807) is 7.11 Å². The molecule has 1 saturated heterocycles. The van der Waals surface area contributed by atoms with Crippen molar-refractivity contribution in [2.45, 2.75) is 25.8 Å². The van der Waals surface area contributed by atoms with Gasteiger partial charge in [0.25, 0.3) is 0 Å². The van der Waals surface area contributed by atoms with Crippen LogP contribution < -0.4 is 10.1 Å². The Hall–Kier alpha value is -2.56. The number of aryl methyl sites for hydroxylation is 1. The number of amides is 2. The molecular formula is C19H23N3O2.